The third-order valence-corrected chi connectivity index (χ3v) is 6.53. The monoisotopic (exact) mass is 392 g/mol. The summed E-state index contributed by atoms with van der Waals surface area (Å²) in [4.78, 5) is 35.6. The molecule has 1 saturated heterocycles. The van der Waals surface area contributed by atoms with Crippen LogP contribution in [0.1, 0.15) is 31.7 Å². The topological polar surface area (TPSA) is 75.2 Å². The van der Waals surface area contributed by atoms with Crippen molar-refractivity contribution in [1.82, 2.24) is 20.2 Å². The summed E-state index contributed by atoms with van der Waals surface area (Å²) in [7, 11) is 1.70. The first-order valence-corrected chi connectivity index (χ1v) is 10.4. The lowest BCUT2D eigenvalue weighted by molar-refractivity contribution is -0.141. The minimum Gasteiger partial charge on any atom is -0.359 e. The molecule has 2 heterocycles. The zero-order chi connectivity index (χ0) is 20.4. The molecule has 0 bridgehead atoms. The Morgan fingerprint density at radius 2 is 1.86 bits per heavy atom. The van der Waals surface area contributed by atoms with Crippen LogP contribution < -0.4 is 5.32 Å². The van der Waals surface area contributed by atoms with E-state index in [1.54, 1.807) is 19.4 Å². The molecule has 6 heteroatoms. The van der Waals surface area contributed by atoms with Gasteiger partial charge in [0, 0.05) is 44.0 Å². The fraction of sp³-hybridized carbons (Fsp3) is 0.478. The summed E-state index contributed by atoms with van der Waals surface area (Å²) in [5, 5.41) is 2.87. The molecule has 0 radical (unpaired) electrons. The molecule has 2 fully saturated rings. The fourth-order valence-electron chi connectivity index (χ4n) is 4.50. The van der Waals surface area contributed by atoms with E-state index in [4.69, 9.17) is 0 Å². The van der Waals surface area contributed by atoms with Gasteiger partial charge in [0.2, 0.25) is 11.8 Å². The predicted molar refractivity (Wildman–Crippen MR) is 111 cm³/mol. The molecule has 6 nitrogen and oxygen atoms in total. The van der Waals surface area contributed by atoms with Crippen LogP contribution in [0.25, 0.3) is 11.1 Å². The van der Waals surface area contributed by atoms with Crippen LogP contribution in [0.15, 0.2) is 43.0 Å². The fourth-order valence-corrected chi connectivity index (χ4v) is 4.50. The number of benzene rings is 1. The van der Waals surface area contributed by atoms with Crippen LogP contribution in [0.5, 0.6) is 0 Å². The molecule has 2 amide bonds. The van der Waals surface area contributed by atoms with Gasteiger partial charge in [-0.2, -0.15) is 0 Å². The zero-order valence-electron chi connectivity index (χ0n) is 17.1. The number of likely N-dealkylation sites (tertiary alicyclic amines) is 1. The molecule has 2 aromatic rings. The van der Waals surface area contributed by atoms with Crippen LogP contribution in [0.3, 0.4) is 0 Å². The Kier molecular flexibility index (Phi) is 5.35. The number of carbonyl (C=O) groups excluding carboxylic acids is 2. The van der Waals surface area contributed by atoms with Gasteiger partial charge in [0.05, 0.1) is 5.41 Å². The van der Waals surface area contributed by atoms with Crippen molar-refractivity contribution in [2.45, 2.75) is 32.6 Å². The highest BCUT2D eigenvalue weighted by Crippen LogP contribution is 2.42. The van der Waals surface area contributed by atoms with Crippen LogP contribution in [-0.4, -0.2) is 46.8 Å². The van der Waals surface area contributed by atoms with Gasteiger partial charge in [0.1, 0.15) is 6.33 Å². The first kappa shape index (κ1) is 19.6. The molecule has 2 aliphatic rings. The van der Waals surface area contributed by atoms with Gasteiger partial charge in [-0.15, -0.1) is 0 Å². The highest BCUT2D eigenvalue weighted by atomic mass is 16.2. The number of amides is 2. The largest absolute Gasteiger partial charge is 0.359 e. The van der Waals surface area contributed by atoms with Gasteiger partial charge in [-0.25, -0.2) is 9.97 Å². The summed E-state index contributed by atoms with van der Waals surface area (Å²) >= 11 is 0. The summed E-state index contributed by atoms with van der Waals surface area (Å²) in [6.45, 7) is 3.44. The van der Waals surface area contributed by atoms with Crippen LogP contribution in [0, 0.1) is 17.3 Å². The highest BCUT2D eigenvalue weighted by molar-refractivity contribution is 5.84. The summed E-state index contributed by atoms with van der Waals surface area (Å²) in [6, 6.07) is 8.24. The van der Waals surface area contributed by atoms with Crippen molar-refractivity contribution in [1.29, 1.82) is 0 Å². The molecule has 1 aliphatic carbocycles. The molecule has 29 heavy (non-hydrogen) atoms. The summed E-state index contributed by atoms with van der Waals surface area (Å²) in [5.41, 5.74) is 2.64. The van der Waals surface area contributed by atoms with Crippen LogP contribution in [0.2, 0.25) is 0 Å². The Morgan fingerprint density at radius 1 is 1.17 bits per heavy atom. The lowest BCUT2D eigenvalue weighted by atomic mass is 9.72. The smallest absolute Gasteiger partial charge is 0.226 e. The number of nitrogens with one attached hydrogen (secondary N) is 1. The van der Waals surface area contributed by atoms with E-state index in [1.807, 2.05) is 17.0 Å². The number of piperidine rings is 1. The third kappa shape index (κ3) is 4.02. The van der Waals surface area contributed by atoms with E-state index in [2.05, 4.69) is 34.3 Å². The average Bonchev–Trinajstić information content (AvgIpc) is 3.50. The second-order valence-electron chi connectivity index (χ2n) is 8.51. The number of aromatic nitrogens is 2. The van der Waals surface area contributed by atoms with Crippen molar-refractivity contribution in [2.75, 3.05) is 20.1 Å². The minimum absolute atomic E-state index is 0.0674. The molecule has 1 N–H and O–H groups in total. The van der Waals surface area contributed by atoms with Crippen molar-refractivity contribution < 1.29 is 9.59 Å². The van der Waals surface area contributed by atoms with Crippen molar-refractivity contribution in [3.63, 3.8) is 0 Å². The third-order valence-electron chi connectivity index (χ3n) is 6.53. The van der Waals surface area contributed by atoms with Crippen LogP contribution in [-0.2, 0) is 16.0 Å². The molecule has 152 valence electrons. The molecular weight excluding hydrogens is 364 g/mol. The van der Waals surface area contributed by atoms with E-state index in [9.17, 15) is 9.59 Å². The molecule has 2 atom stereocenters. The maximum atomic E-state index is 12.9. The van der Waals surface area contributed by atoms with Gasteiger partial charge in [-0.3, -0.25) is 9.59 Å². The highest BCUT2D eigenvalue weighted by Gasteiger charge is 2.46. The average molecular weight is 393 g/mol. The van der Waals surface area contributed by atoms with Crippen molar-refractivity contribution in [3.8, 4) is 11.1 Å². The van der Waals surface area contributed by atoms with Crippen molar-refractivity contribution in [2.24, 2.45) is 17.3 Å². The lowest BCUT2D eigenvalue weighted by Crippen LogP contribution is -2.51. The van der Waals surface area contributed by atoms with Crippen LogP contribution >= 0.6 is 0 Å². The zero-order valence-corrected chi connectivity index (χ0v) is 17.1. The quantitative estimate of drug-likeness (QED) is 0.849. The molecular formula is C23H28N4O2. The lowest BCUT2D eigenvalue weighted by Gasteiger charge is -2.40. The van der Waals surface area contributed by atoms with Gasteiger partial charge >= 0.3 is 0 Å². The summed E-state index contributed by atoms with van der Waals surface area (Å²) < 4.78 is 0. The molecule has 0 spiro atoms. The van der Waals surface area contributed by atoms with E-state index in [-0.39, 0.29) is 17.7 Å². The second-order valence-corrected chi connectivity index (χ2v) is 8.51. The minimum atomic E-state index is -0.480. The maximum Gasteiger partial charge on any atom is 0.226 e. The molecule has 1 aliphatic heterocycles. The second kappa shape index (κ2) is 7.93. The Morgan fingerprint density at radius 3 is 2.48 bits per heavy atom. The van der Waals surface area contributed by atoms with Crippen molar-refractivity contribution >= 4 is 11.8 Å². The van der Waals surface area contributed by atoms with E-state index in [1.165, 1.54) is 6.33 Å². The Hall–Kier alpha value is -2.76. The van der Waals surface area contributed by atoms with Crippen LogP contribution in [0.4, 0.5) is 0 Å². The number of carbonyl (C=O) groups is 2. The van der Waals surface area contributed by atoms with E-state index in [0.29, 0.717) is 38.3 Å². The Labute approximate surface area is 171 Å². The Bertz CT molecular complexity index is 891. The number of hydrogen-bond acceptors (Lipinski definition) is 4. The van der Waals surface area contributed by atoms with Crippen molar-refractivity contribution in [3.05, 3.63) is 48.5 Å². The number of rotatable bonds is 5. The normalized spacial score (nSPS) is 22.8. The van der Waals surface area contributed by atoms with E-state index in [0.717, 1.165) is 23.1 Å². The first-order valence-electron chi connectivity index (χ1n) is 10.4. The van der Waals surface area contributed by atoms with Gasteiger partial charge in [0.15, 0.2) is 0 Å². The van der Waals surface area contributed by atoms with E-state index < -0.39 is 5.41 Å². The SMILES string of the molecule is CNC(=O)C1(Cc2cccc(-c3cncnc3)c2)CCN(C(=O)[C@H]2C[C@H]2C)CC1. The molecule has 1 aromatic carbocycles. The molecule has 1 saturated carbocycles. The predicted octanol–water partition coefficient (Wildman–Crippen LogP) is 2.70. The summed E-state index contributed by atoms with van der Waals surface area (Å²) in [5.74, 6) is 1.05. The molecule has 1 aromatic heterocycles. The van der Waals surface area contributed by atoms with Gasteiger partial charge in [0.25, 0.3) is 0 Å². The standard InChI is InChI=1S/C23H28N4O2/c1-16-10-20(16)21(28)27-8-6-23(7-9-27,22(29)24-2)12-17-4-3-5-18(11-17)19-13-25-15-26-14-19/h3-5,11,13-16,20H,6-10,12H2,1-2H3,(H,24,29)/t16-,20+/m1/s1. The van der Waals surface area contributed by atoms with E-state index >= 15 is 0 Å². The molecule has 4 rings (SSSR count). The van der Waals surface area contributed by atoms with Gasteiger partial charge in [-0.1, -0.05) is 31.2 Å². The number of hydrogen-bond donors (Lipinski definition) is 1. The first-order chi connectivity index (χ1) is 14.0. The van der Waals surface area contributed by atoms with Gasteiger partial charge < -0.3 is 10.2 Å². The maximum absolute atomic E-state index is 12.9. The summed E-state index contributed by atoms with van der Waals surface area (Å²) in [6.07, 6.45) is 8.16. The molecule has 0 unspecified atom stereocenters. The number of nitrogens with zero attached hydrogens (tertiary/aromatic N) is 3. The Balaban J connectivity index is 1.51. The van der Waals surface area contributed by atoms with Gasteiger partial charge in [-0.05, 0) is 42.7 Å².